The molecule has 19 heavy (non-hydrogen) atoms. The average Bonchev–Trinajstić information content (AvgIpc) is 2.55. The summed E-state index contributed by atoms with van der Waals surface area (Å²) in [6.45, 7) is 1.69. The molecule has 0 bridgehead atoms. The Hall–Kier alpha value is -2.18. The lowest BCUT2D eigenvalue weighted by Crippen LogP contribution is -2.05. The third kappa shape index (κ3) is 2.64. The summed E-state index contributed by atoms with van der Waals surface area (Å²) in [6, 6.07) is 4.60. The van der Waals surface area contributed by atoms with Gasteiger partial charge in [-0.3, -0.25) is 0 Å². The highest BCUT2D eigenvalue weighted by molar-refractivity contribution is 5.54. The van der Waals surface area contributed by atoms with E-state index in [2.05, 4.69) is 5.10 Å². The number of aryl methyl sites for hydroxylation is 2. The van der Waals surface area contributed by atoms with E-state index >= 15 is 0 Å². The van der Waals surface area contributed by atoms with Gasteiger partial charge in [0.2, 0.25) is 5.88 Å². The first-order chi connectivity index (χ1) is 8.79. The number of nitrogens with zero attached hydrogens (tertiary/aromatic N) is 2. The maximum Gasteiger partial charge on any atom is 0.416 e. The molecule has 2 rings (SSSR count). The van der Waals surface area contributed by atoms with E-state index in [4.69, 9.17) is 10.5 Å². The number of anilines is 1. The van der Waals surface area contributed by atoms with Crippen LogP contribution in [0.25, 0.3) is 0 Å². The number of nitrogens with two attached hydrogens (primary N) is 1. The van der Waals surface area contributed by atoms with Gasteiger partial charge in [0.05, 0.1) is 11.3 Å². The van der Waals surface area contributed by atoms with Crippen molar-refractivity contribution in [2.45, 2.75) is 13.1 Å². The van der Waals surface area contributed by atoms with E-state index in [0.717, 1.165) is 12.1 Å². The second kappa shape index (κ2) is 4.49. The predicted molar refractivity (Wildman–Crippen MR) is 63.9 cm³/mol. The fourth-order valence-corrected chi connectivity index (χ4v) is 1.62. The van der Waals surface area contributed by atoms with Gasteiger partial charge in [-0.1, -0.05) is 6.07 Å². The van der Waals surface area contributed by atoms with Crippen molar-refractivity contribution in [2.75, 3.05) is 5.73 Å². The van der Waals surface area contributed by atoms with Gasteiger partial charge in [-0.25, -0.2) is 4.68 Å². The molecule has 1 aromatic heterocycles. The predicted octanol–water partition coefficient (Wildman–Crippen LogP) is 3.12. The highest BCUT2D eigenvalue weighted by Crippen LogP contribution is 2.34. The third-order valence-electron chi connectivity index (χ3n) is 2.59. The molecule has 1 aromatic carbocycles. The SMILES string of the molecule is Cc1nn(C)c(Oc2cccc(C(F)(F)F)c2)c1N. The largest absolute Gasteiger partial charge is 0.437 e. The molecule has 102 valence electrons. The number of hydrogen-bond donors (Lipinski definition) is 1. The summed E-state index contributed by atoms with van der Waals surface area (Å²) in [7, 11) is 1.60. The molecule has 0 saturated carbocycles. The number of nitrogen functional groups attached to an aromatic ring is 1. The summed E-state index contributed by atoms with van der Waals surface area (Å²) < 4.78 is 44.5. The van der Waals surface area contributed by atoms with Gasteiger partial charge >= 0.3 is 6.18 Å². The first-order valence-electron chi connectivity index (χ1n) is 5.43. The Morgan fingerprint density at radius 2 is 2.00 bits per heavy atom. The maximum absolute atomic E-state index is 12.6. The fourth-order valence-electron chi connectivity index (χ4n) is 1.62. The lowest BCUT2D eigenvalue weighted by Gasteiger charge is -2.10. The Kier molecular flexibility index (Phi) is 3.13. The van der Waals surface area contributed by atoms with Gasteiger partial charge in [-0.2, -0.15) is 18.3 Å². The molecule has 0 unspecified atom stereocenters. The molecule has 0 radical (unpaired) electrons. The van der Waals surface area contributed by atoms with Crippen molar-refractivity contribution in [1.82, 2.24) is 9.78 Å². The molecule has 2 N–H and O–H groups in total. The molecule has 0 amide bonds. The van der Waals surface area contributed by atoms with Crippen molar-refractivity contribution in [3.63, 3.8) is 0 Å². The number of benzene rings is 1. The molecule has 0 atom stereocenters. The highest BCUT2D eigenvalue weighted by Gasteiger charge is 2.30. The van der Waals surface area contributed by atoms with Crippen LogP contribution < -0.4 is 10.5 Å². The van der Waals surface area contributed by atoms with Gasteiger partial charge in [-0.15, -0.1) is 0 Å². The van der Waals surface area contributed by atoms with E-state index in [0.29, 0.717) is 11.4 Å². The molecule has 0 aliphatic carbocycles. The molecule has 0 spiro atoms. The zero-order valence-corrected chi connectivity index (χ0v) is 10.3. The quantitative estimate of drug-likeness (QED) is 0.913. The van der Waals surface area contributed by atoms with E-state index in [9.17, 15) is 13.2 Å². The van der Waals surface area contributed by atoms with Crippen molar-refractivity contribution in [3.05, 3.63) is 35.5 Å². The van der Waals surface area contributed by atoms with Crippen LogP contribution in [0.4, 0.5) is 18.9 Å². The molecule has 2 aromatic rings. The van der Waals surface area contributed by atoms with Crippen LogP contribution in [0.5, 0.6) is 11.6 Å². The second-order valence-electron chi connectivity index (χ2n) is 4.06. The van der Waals surface area contributed by atoms with Gasteiger partial charge in [0, 0.05) is 7.05 Å². The minimum Gasteiger partial charge on any atom is -0.437 e. The Balaban J connectivity index is 2.34. The van der Waals surface area contributed by atoms with Crippen molar-refractivity contribution in [3.8, 4) is 11.6 Å². The number of ether oxygens (including phenoxy) is 1. The van der Waals surface area contributed by atoms with E-state index < -0.39 is 11.7 Å². The van der Waals surface area contributed by atoms with Gasteiger partial charge in [-0.05, 0) is 25.1 Å². The monoisotopic (exact) mass is 271 g/mol. The summed E-state index contributed by atoms with van der Waals surface area (Å²) >= 11 is 0. The number of alkyl halides is 3. The summed E-state index contributed by atoms with van der Waals surface area (Å²) in [4.78, 5) is 0. The highest BCUT2D eigenvalue weighted by atomic mass is 19.4. The van der Waals surface area contributed by atoms with Crippen LogP contribution in [0, 0.1) is 6.92 Å². The van der Waals surface area contributed by atoms with Crippen molar-refractivity contribution >= 4 is 5.69 Å². The molecule has 0 fully saturated rings. The average molecular weight is 271 g/mol. The maximum atomic E-state index is 12.6. The molecule has 1 heterocycles. The van der Waals surface area contributed by atoms with Gasteiger partial charge in [0.15, 0.2) is 0 Å². The van der Waals surface area contributed by atoms with Crippen LogP contribution in [0.15, 0.2) is 24.3 Å². The minimum absolute atomic E-state index is 0.0597. The first kappa shape index (κ1) is 13.3. The zero-order valence-electron chi connectivity index (χ0n) is 10.3. The Labute approximate surface area is 107 Å². The molecule has 0 saturated heterocycles. The van der Waals surface area contributed by atoms with Crippen LogP contribution in [0.2, 0.25) is 0 Å². The molecular formula is C12H12F3N3O. The van der Waals surface area contributed by atoms with E-state index in [-0.39, 0.29) is 11.6 Å². The Morgan fingerprint density at radius 1 is 1.32 bits per heavy atom. The molecule has 4 nitrogen and oxygen atoms in total. The Morgan fingerprint density at radius 3 is 2.53 bits per heavy atom. The van der Waals surface area contributed by atoms with Crippen LogP contribution >= 0.6 is 0 Å². The van der Waals surface area contributed by atoms with E-state index in [1.807, 2.05) is 0 Å². The summed E-state index contributed by atoms with van der Waals surface area (Å²) in [5, 5.41) is 4.02. The number of rotatable bonds is 2. The summed E-state index contributed by atoms with van der Waals surface area (Å²) in [5.74, 6) is 0.279. The lowest BCUT2D eigenvalue weighted by molar-refractivity contribution is -0.137. The molecular weight excluding hydrogens is 259 g/mol. The number of halogens is 3. The van der Waals surface area contributed by atoms with Gasteiger partial charge in [0.1, 0.15) is 11.4 Å². The topological polar surface area (TPSA) is 53.1 Å². The first-order valence-corrected chi connectivity index (χ1v) is 5.43. The standard InChI is InChI=1S/C12H12F3N3O/c1-7-10(16)11(18(2)17-7)19-9-5-3-4-8(6-9)12(13,14)15/h3-6H,16H2,1-2H3. The summed E-state index contributed by atoms with van der Waals surface area (Å²) in [6.07, 6.45) is -4.41. The van der Waals surface area contributed by atoms with Crippen LogP contribution in [-0.2, 0) is 13.2 Å². The van der Waals surface area contributed by atoms with Crippen LogP contribution in [0.1, 0.15) is 11.3 Å². The van der Waals surface area contributed by atoms with E-state index in [1.54, 1.807) is 14.0 Å². The smallest absolute Gasteiger partial charge is 0.416 e. The molecule has 0 aliphatic rings. The van der Waals surface area contributed by atoms with Gasteiger partial charge in [0.25, 0.3) is 0 Å². The lowest BCUT2D eigenvalue weighted by atomic mass is 10.2. The van der Waals surface area contributed by atoms with Crippen LogP contribution in [0.3, 0.4) is 0 Å². The minimum atomic E-state index is -4.41. The normalized spacial score (nSPS) is 11.6. The number of aromatic nitrogens is 2. The zero-order chi connectivity index (χ0) is 14.2. The van der Waals surface area contributed by atoms with Crippen molar-refractivity contribution in [1.29, 1.82) is 0 Å². The molecule has 0 aliphatic heterocycles. The second-order valence-corrected chi connectivity index (χ2v) is 4.06. The van der Waals surface area contributed by atoms with Crippen molar-refractivity contribution < 1.29 is 17.9 Å². The van der Waals surface area contributed by atoms with E-state index in [1.165, 1.54) is 16.8 Å². The van der Waals surface area contributed by atoms with Gasteiger partial charge < -0.3 is 10.5 Å². The summed E-state index contributed by atoms with van der Waals surface area (Å²) in [5.41, 5.74) is 5.83. The van der Waals surface area contributed by atoms with Crippen LogP contribution in [-0.4, -0.2) is 9.78 Å². The number of hydrogen-bond acceptors (Lipinski definition) is 3. The fraction of sp³-hybridized carbons (Fsp3) is 0.250. The Bertz CT molecular complexity index is 605. The molecule has 7 heteroatoms. The van der Waals surface area contributed by atoms with Crippen molar-refractivity contribution in [2.24, 2.45) is 7.05 Å². The third-order valence-corrected chi connectivity index (χ3v) is 2.59.